The smallest absolute Gasteiger partial charge is 0.228 e. The van der Waals surface area contributed by atoms with Gasteiger partial charge in [0.05, 0.1) is 17.8 Å². The number of carbonyl (C=O) groups is 1. The van der Waals surface area contributed by atoms with Crippen LogP contribution in [0.15, 0.2) is 42.6 Å². The number of fused-ring (bicyclic) bond motifs is 1. The molecule has 0 saturated heterocycles. The lowest BCUT2D eigenvalue weighted by Gasteiger charge is -2.19. The van der Waals surface area contributed by atoms with E-state index < -0.39 is 0 Å². The Morgan fingerprint density at radius 2 is 1.73 bits per heavy atom. The molecule has 26 heavy (non-hydrogen) atoms. The summed E-state index contributed by atoms with van der Waals surface area (Å²) in [5, 5.41) is 0. The third-order valence-electron chi connectivity index (χ3n) is 4.71. The van der Waals surface area contributed by atoms with E-state index in [1.54, 1.807) is 19.0 Å². The molecule has 136 valence electrons. The number of amides is 1. The van der Waals surface area contributed by atoms with Gasteiger partial charge >= 0.3 is 0 Å². The molecule has 3 aromatic rings. The predicted molar refractivity (Wildman–Crippen MR) is 106 cm³/mol. The van der Waals surface area contributed by atoms with Crippen molar-refractivity contribution in [2.24, 2.45) is 0 Å². The summed E-state index contributed by atoms with van der Waals surface area (Å²) >= 11 is 0. The number of hydrogen-bond donors (Lipinski definition) is 0. The van der Waals surface area contributed by atoms with Gasteiger partial charge in [-0.05, 0) is 29.5 Å². The summed E-state index contributed by atoms with van der Waals surface area (Å²) in [6.45, 7) is 8.67. The molecule has 0 fully saturated rings. The Kier molecular flexibility index (Phi) is 4.61. The maximum absolute atomic E-state index is 12.4. The van der Waals surface area contributed by atoms with Crippen LogP contribution in [-0.4, -0.2) is 34.3 Å². The third kappa shape index (κ3) is 3.50. The van der Waals surface area contributed by atoms with E-state index in [4.69, 9.17) is 4.98 Å². The van der Waals surface area contributed by atoms with Crippen LogP contribution >= 0.6 is 0 Å². The molecule has 4 heteroatoms. The summed E-state index contributed by atoms with van der Waals surface area (Å²) in [5.41, 5.74) is 6.26. The highest BCUT2D eigenvalue weighted by Crippen LogP contribution is 2.29. The molecule has 0 saturated carbocycles. The first-order valence-corrected chi connectivity index (χ1v) is 8.95. The quantitative estimate of drug-likeness (QED) is 0.709. The van der Waals surface area contributed by atoms with Gasteiger partial charge in [-0.3, -0.25) is 4.79 Å². The Bertz CT molecular complexity index is 944. The van der Waals surface area contributed by atoms with Crippen molar-refractivity contribution < 1.29 is 4.79 Å². The van der Waals surface area contributed by atoms with Gasteiger partial charge in [0.25, 0.3) is 0 Å². The number of pyridine rings is 1. The van der Waals surface area contributed by atoms with Gasteiger partial charge in [-0.2, -0.15) is 0 Å². The van der Waals surface area contributed by atoms with Crippen LogP contribution in [0.4, 0.5) is 0 Å². The summed E-state index contributed by atoms with van der Waals surface area (Å²) in [6, 6.07) is 12.6. The summed E-state index contributed by atoms with van der Waals surface area (Å²) in [6.07, 6.45) is 2.38. The van der Waals surface area contributed by atoms with Gasteiger partial charge in [-0.25, -0.2) is 4.98 Å². The van der Waals surface area contributed by atoms with Crippen molar-refractivity contribution in [2.75, 3.05) is 14.1 Å². The highest BCUT2D eigenvalue weighted by Gasteiger charge is 2.19. The molecule has 1 amide bonds. The summed E-state index contributed by atoms with van der Waals surface area (Å²) < 4.78 is 2.05. The average Bonchev–Trinajstić information content (AvgIpc) is 2.92. The van der Waals surface area contributed by atoms with E-state index in [-0.39, 0.29) is 11.3 Å². The fraction of sp³-hybridized carbons (Fsp3) is 0.364. The molecule has 0 N–H and O–H groups in total. The number of hydrogen-bond acceptors (Lipinski definition) is 2. The van der Waals surface area contributed by atoms with Crippen LogP contribution in [0.5, 0.6) is 0 Å². The van der Waals surface area contributed by atoms with E-state index >= 15 is 0 Å². The molecule has 0 aliphatic heterocycles. The molecule has 2 aromatic heterocycles. The fourth-order valence-electron chi connectivity index (χ4n) is 3.03. The van der Waals surface area contributed by atoms with E-state index in [1.807, 2.05) is 22.7 Å². The van der Waals surface area contributed by atoms with Gasteiger partial charge < -0.3 is 9.30 Å². The zero-order chi connectivity index (χ0) is 19.1. The zero-order valence-electron chi connectivity index (χ0n) is 16.5. The van der Waals surface area contributed by atoms with E-state index in [0.717, 1.165) is 28.2 Å². The molecule has 2 heterocycles. The van der Waals surface area contributed by atoms with Crippen LogP contribution < -0.4 is 0 Å². The number of rotatable bonds is 3. The van der Waals surface area contributed by atoms with Crippen LogP contribution in [0.25, 0.3) is 16.9 Å². The van der Waals surface area contributed by atoms with Crippen LogP contribution in [0.2, 0.25) is 0 Å². The number of carbonyl (C=O) groups excluding carboxylic acids is 1. The van der Waals surface area contributed by atoms with Crippen molar-refractivity contribution in [1.29, 1.82) is 0 Å². The van der Waals surface area contributed by atoms with Gasteiger partial charge in [0.1, 0.15) is 5.65 Å². The van der Waals surface area contributed by atoms with Crippen molar-refractivity contribution in [2.45, 2.75) is 39.5 Å². The monoisotopic (exact) mass is 349 g/mol. The highest BCUT2D eigenvalue weighted by molar-refractivity contribution is 5.81. The third-order valence-corrected chi connectivity index (χ3v) is 4.71. The van der Waals surface area contributed by atoms with Crippen LogP contribution in [-0.2, 0) is 16.6 Å². The Hall–Kier alpha value is -2.62. The maximum atomic E-state index is 12.4. The van der Waals surface area contributed by atoms with Crippen LogP contribution in [0.1, 0.15) is 37.6 Å². The standard InChI is InChI=1S/C22H27N3O/c1-15-7-12-19-23-21(16-8-10-17(11-9-16)22(2,3)4)18(25(19)14-15)13-20(26)24(5)6/h7-12,14H,13H2,1-6H3. The minimum Gasteiger partial charge on any atom is -0.348 e. The van der Waals surface area contributed by atoms with E-state index in [0.29, 0.717) is 6.42 Å². The maximum Gasteiger partial charge on any atom is 0.228 e. The fourth-order valence-corrected chi connectivity index (χ4v) is 3.03. The predicted octanol–water partition coefficient (Wildman–Crippen LogP) is 4.24. The lowest BCUT2D eigenvalue weighted by Crippen LogP contribution is -2.24. The number of benzene rings is 1. The van der Waals surface area contributed by atoms with Gasteiger partial charge in [0.2, 0.25) is 5.91 Å². The molecule has 3 rings (SSSR count). The highest BCUT2D eigenvalue weighted by atomic mass is 16.2. The molecule has 0 atom stereocenters. The number of aryl methyl sites for hydroxylation is 1. The normalized spacial score (nSPS) is 11.8. The average molecular weight is 349 g/mol. The first-order chi connectivity index (χ1) is 12.2. The molecule has 1 aromatic carbocycles. The van der Waals surface area contributed by atoms with E-state index in [9.17, 15) is 4.79 Å². The zero-order valence-corrected chi connectivity index (χ0v) is 16.5. The number of aromatic nitrogens is 2. The Morgan fingerprint density at radius 3 is 2.31 bits per heavy atom. The lowest BCUT2D eigenvalue weighted by atomic mass is 9.86. The van der Waals surface area contributed by atoms with Gasteiger partial charge in [-0.15, -0.1) is 0 Å². The second kappa shape index (κ2) is 6.60. The lowest BCUT2D eigenvalue weighted by molar-refractivity contribution is -0.128. The summed E-state index contributed by atoms with van der Waals surface area (Å²) in [4.78, 5) is 18.8. The van der Waals surface area contributed by atoms with E-state index in [2.05, 4.69) is 52.0 Å². The number of likely N-dealkylation sites (N-methyl/N-ethyl adjacent to an activating group) is 1. The van der Waals surface area contributed by atoms with Gasteiger partial charge in [0, 0.05) is 25.9 Å². The van der Waals surface area contributed by atoms with Crippen molar-refractivity contribution in [3.63, 3.8) is 0 Å². The molecule has 0 unspecified atom stereocenters. The van der Waals surface area contributed by atoms with Crippen molar-refractivity contribution in [3.8, 4) is 11.3 Å². The molecule has 0 aliphatic rings. The molecule has 0 radical (unpaired) electrons. The largest absolute Gasteiger partial charge is 0.348 e. The first-order valence-electron chi connectivity index (χ1n) is 8.95. The van der Waals surface area contributed by atoms with Gasteiger partial charge in [-0.1, -0.05) is 51.1 Å². The topological polar surface area (TPSA) is 37.6 Å². The second-order valence-corrected chi connectivity index (χ2v) is 8.13. The van der Waals surface area contributed by atoms with Crippen LogP contribution in [0, 0.1) is 6.92 Å². The van der Waals surface area contributed by atoms with Crippen LogP contribution in [0.3, 0.4) is 0 Å². The van der Waals surface area contributed by atoms with Crippen molar-refractivity contribution in [3.05, 3.63) is 59.4 Å². The molecular formula is C22H27N3O. The molecular weight excluding hydrogens is 322 g/mol. The molecule has 0 bridgehead atoms. The SMILES string of the molecule is Cc1ccc2nc(-c3ccc(C(C)(C)C)cc3)c(CC(=O)N(C)C)n2c1. The van der Waals surface area contributed by atoms with Gasteiger partial charge in [0.15, 0.2) is 0 Å². The molecule has 4 nitrogen and oxygen atoms in total. The second-order valence-electron chi connectivity index (χ2n) is 8.13. The minimum atomic E-state index is 0.0702. The minimum absolute atomic E-state index is 0.0702. The number of imidazole rings is 1. The summed E-state index contributed by atoms with van der Waals surface area (Å²) in [7, 11) is 3.57. The Balaban J connectivity index is 2.14. The van der Waals surface area contributed by atoms with E-state index in [1.165, 1.54) is 5.56 Å². The molecule has 0 spiro atoms. The Labute approximate surface area is 155 Å². The molecule has 0 aliphatic carbocycles. The number of nitrogens with zero attached hydrogens (tertiary/aromatic N) is 3. The Morgan fingerprint density at radius 1 is 1.08 bits per heavy atom. The van der Waals surface area contributed by atoms with Crippen molar-refractivity contribution in [1.82, 2.24) is 14.3 Å². The first kappa shape index (κ1) is 18.2. The summed E-state index contributed by atoms with van der Waals surface area (Å²) in [5.74, 6) is 0.0702. The van der Waals surface area contributed by atoms with Crippen molar-refractivity contribution >= 4 is 11.6 Å².